The van der Waals surface area contributed by atoms with Crippen LogP contribution < -0.4 is 10.1 Å². The molecule has 1 aromatic carbocycles. The molecule has 0 aromatic heterocycles. The lowest BCUT2D eigenvalue weighted by Crippen LogP contribution is -2.40. The maximum absolute atomic E-state index is 12.2. The lowest BCUT2D eigenvalue weighted by molar-refractivity contribution is -0.153. The van der Waals surface area contributed by atoms with Crippen molar-refractivity contribution >= 4 is 11.7 Å². The number of rotatable bonds is 5. The van der Waals surface area contributed by atoms with Crippen molar-refractivity contribution in [3.05, 3.63) is 23.8 Å². The quantitative estimate of drug-likeness (QED) is 0.877. The molecule has 0 aliphatic carbocycles. The Morgan fingerprint density at radius 2 is 2.09 bits per heavy atom. The molecule has 0 saturated heterocycles. The molecule has 8 heteroatoms. The third-order valence-corrected chi connectivity index (χ3v) is 3.16. The molecule has 1 unspecified atom stereocenters. The molecule has 2 N–H and O–H groups in total. The Labute approximate surface area is 126 Å². The van der Waals surface area contributed by atoms with Crippen LogP contribution in [0.5, 0.6) is 5.75 Å². The minimum Gasteiger partial charge on any atom is -0.484 e. The van der Waals surface area contributed by atoms with Gasteiger partial charge in [-0.05, 0) is 26.0 Å². The first kappa shape index (κ1) is 18.1. The van der Waals surface area contributed by atoms with Crippen LogP contribution in [0.15, 0.2) is 18.2 Å². The van der Waals surface area contributed by atoms with Gasteiger partial charge in [0.2, 0.25) is 0 Å². The van der Waals surface area contributed by atoms with E-state index in [0.29, 0.717) is 11.3 Å². The Bertz CT molecular complexity index is 521. The average Bonchev–Trinajstić information content (AvgIpc) is 2.45. The summed E-state index contributed by atoms with van der Waals surface area (Å²) in [7, 11) is 1.51. The summed E-state index contributed by atoms with van der Waals surface area (Å²) in [5.41, 5.74) is 0.742. The van der Waals surface area contributed by atoms with Gasteiger partial charge >= 0.3 is 12.2 Å². The molecule has 0 heterocycles. The number of nitrogens with zero attached hydrogens (tertiary/aromatic N) is 1. The molecule has 0 aliphatic rings. The van der Waals surface area contributed by atoms with Crippen molar-refractivity contribution in [3.63, 3.8) is 0 Å². The fraction of sp³-hybridized carbons (Fsp3) is 0.500. The summed E-state index contributed by atoms with van der Waals surface area (Å²) in [6.45, 7) is 1.62. The molecule has 0 saturated carbocycles. The normalized spacial score (nSPS) is 12.7. The monoisotopic (exact) mass is 320 g/mol. The lowest BCUT2D eigenvalue weighted by atomic mass is 10.2. The van der Waals surface area contributed by atoms with Gasteiger partial charge in [-0.25, -0.2) is 4.79 Å². The highest BCUT2D eigenvalue weighted by Crippen LogP contribution is 2.27. The number of ether oxygens (including phenoxy) is 1. The number of halogens is 3. The molecular weight excluding hydrogens is 301 g/mol. The van der Waals surface area contributed by atoms with Gasteiger partial charge in [-0.15, -0.1) is 0 Å². The SMILES string of the molecule is Cc1c(NC(=O)N(C)C(C)CO)cccc1OCC(F)(F)F. The van der Waals surface area contributed by atoms with Gasteiger partial charge in [0.1, 0.15) is 5.75 Å². The Balaban J connectivity index is 2.82. The summed E-state index contributed by atoms with van der Waals surface area (Å²) in [4.78, 5) is 13.3. The molecule has 1 rings (SSSR count). The molecular formula is C14H19F3N2O3. The molecule has 0 fully saturated rings. The van der Waals surface area contributed by atoms with E-state index in [-0.39, 0.29) is 18.4 Å². The van der Waals surface area contributed by atoms with Gasteiger partial charge in [0.15, 0.2) is 6.61 Å². The average molecular weight is 320 g/mol. The van der Waals surface area contributed by atoms with Crippen LogP contribution >= 0.6 is 0 Å². The van der Waals surface area contributed by atoms with E-state index in [2.05, 4.69) is 5.32 Å². The number of nitrogens with one attached hydrogen (secondary N) is 1. The first-order valence-corrected chi connectivity index (χ1v) is 6.59. The Hall–Kier alpha value is -1.96. The number of aliphatic hydroxyl groups excluding tert-OH is 1. The van der Waals surface area contributed by atoms with E-state index in [9.17, 15) is 18.0 Å². The molecule has 5 nitrogen and oxygen atoms in total. The highest BCUT2D eigenvalue weighted by molar-refractivity contribution is 5.90. The van der Waals surface area contributed by atoms with Gasteiger partial charge in [0.05, 0.1) is 12.6 Å². The lowest BCUT2D eigenvalue weighted by Gasteiger charge is -2.24. The number of aliphatic hydroxyl groups is 1. The van der Waals surface area contributed by atoms with Gasteiger partial charge in [-0.1, -0.05) is 6.07 Å². The van der Waals surface area contributed by atoms with Crippen LogP contribution in [0.25, 0.3) is 0 Å². The number of benzene rings is 1. The van der Waals surface area contributed by atoms with Gasteiger partial charge < -0.3 is 20.1 Å². The zero-order valence-electron chi connectivity index (χ0n) is 12.6. The summed E-state index contributed by atoms with van der Waals surface area (Å²) in [6.07, 6.45) is -4.43. The zero-order chi connectivity index (χ0) is 16.9. The third kappa shape index (κ3) is 5.10. The fourth-order valence-corrected chi connectivity index (χ4v) is 1.59. The highest BCUT2D eigenvalue weighted by Gasteiger charge is 2.28. The van der Waals surface area contributed by atoms with Crippen molar-refractivity contribution in [1.82, 2.24) is 4.90 Å². The summed E-state index contributed by atoms with van der Waals surface area (Å²) >= 11 is 0. The number of carbonyl (C=O) groups excluding carboxylic acids is 1. The van der Waals surface area contributed by atoms with E-state index in [0.717, 1.165) is 0 Å². The standard InChI is InChI=1S/C14H19F3N2O3/c1-9(7-20)19(3)13(21)18-11-5-4-6-12(10(11)2)22-8-14(15,16)17/h4-6,9,20H,7-8H2,1-3H3,(H,18,21). The summed E-state index contributed by atoms with van der Waals surface area (Å²) in [6, 6.07) is 3.59. The van der Waals surface area contributed by atoms with Crippen LogP contribution in [0.3, 0.4) is 0 Å². The van der Waals surface area contributed by atoms with Crippen LogP contribution in [0.2, 0.25) is 0 Å². The van der Waals surface area contributed by atoms with Gasteiger partial charge in [-0.3, -0.25) is 0 Å². The van der Waals surface area contributed by atoms with Crippen LogP contribution in [-0.4, -0.2) is 48.5 Å². The largest absolute Gasteiger partial charge is 0.484 e. The molecule has 124 valence electrons. The number of carbonyl (C=O) groups is 1. The Kier molecular flexibility index (Phi) is 6.04. The number of hydrogen-bond donors (Lipinski definition) is 2. The van der Waals surface area contributed by atoms with E-state index in [1.807, 2.05) is 0 Å². The first-order chi connectivity index (χ1) is 10.2. The summed E-state index contributed by atoms with van der Waals surface area (Å²) in [5, 5.41) is 11.6. The predicted octanol–water partition coefficient (Wildman–Crippen LogP) is 2.78. The summed E-state index contributed by atoms with van der Waals surface area (Å²) in [5.74, 6) is 0.0491. The van der Waals surface area contributed by atoms with Gasteiger partial charge in [0.25, 0.3) is 0 Å². The van der Waals surface area contributed by atoms with Crippen LogP contribution in [0, 0.1) is 6.92 Å². The van der Waals surface area contributed by atoms with Gasteiger partial charge in [0, 0.05) is 18.3 Å². The second kappa shape index (κ2) is 7.35. The maximum Gasteiger partial charge on any atom is 0.422 e. The van der Waals surface area contributed by atoms with Crippen LogP contribution in [-0.2, 0) is 0 Å². The van der Waals surface area contributed by atoms with Crippen molar-refractivity contribution < 1.29 is 27.8 Å². The maximum atomic E-state index is 12.2. The van der Waals surface area contributed by atoms with E-state index in [1.54, 1.807) is 19.9 Å². The second-order valence-electron chi connectivity index (χ2n) is 4.91. The van der Waals surface area contributed by atoms with Crippen molar-refractivity contribution in [2.45, 2.75) is 26.1 Å². The minimum absolute atomic E-state index is 0.0491. The molecule has 22 heavy (non-hydrogen) atoms. The number of urea groups is 1. The molecule has 0 aliphatic heterocycles. The van der Waals surface area contributed by atoms with Crippen LogP contribution in [0.4, 0.5) is 23.7 Å². The molecule has 0 radical (unpaired) electrons. The van der Waals surface area contributed by atoms with Gasteiger partial charge in [-0.2, -0.15) is 13.2 Å². The topological polar surface area (TPSA) is 61.8 Å². The number of hydrogen-bond acceptors (Lipinski definition) is 3. The molecule has 2 amide bonds. The molecule has 0 spiro atoms. The molecule has 1 atom stereocenters. The Morgan fingerprint density at radius 3 is 2.64 bits per heavy atom. The second-order valence-corrected chi connectivity index (χ2v) is 4.91. The van der Waals surface area contributed by atoms with Crippen molar-refractivity contribution in [1.29, 1.82) is 0 Å². The zero-order valence-corrected chi connectivity index (χ0v) is 12.6. The van der Waals surface area contributed by atoms with E-state index < -0.39 is 18.8 Å². The van der Waals surface area contributed by atoms with E-state index in [4.69, 9.17) is 9.84 Å². The van der Waals surface area contributed by atoms with Crippen molar-refractivity contribution in [2.24, 2.45) is 0 Å². The van der Waals surface area contributed by atoms with E-state index in [1.165, 1.54) is 24.1 Å². The Morgan fingerprint density at radius 1 is 1.45 bits per heavy atom. The first-order valence-electron chi connectivity index (χ1n) is 6.59. The number of anilines is 1. The fourth-order valence-electron chi connectivity index (χ4n) is 1.59. The summed E-state index contributed by atoms with van der Waals surface area (Å²) < 4.78 is 41.3. The minimum atomic E-state index is -4.43. The van der Waals surface area contributed by atoms with Crippen molar-refractivity contribution in [2.75, 3.05) is 25.6 Å². The van der Waals surface area contributed by atoms with E-state index >= 15 is 0 Å². The number of alkyl halides is 3. The molecule has 0 bridgehead atoms. The third-order valence-electron chi connectivity index (χ3n) is 3.16. The number of amides is 2. The van der Waals surface area contributed by atoms with Crippen LogP contribution in [0.1, 0.15) is 12.5 Å². The number of likely N-dealkylation sites (N-methyl/N-ethyl adjacent to an activating group) is 1. The highest BCUT2D eigenvalue weighted by atomic mass is 19.4. The predicted molar refractivity (Wildman–Crippen MR) is 76.1 cm³/mol. The molecule has 1 aromatic rings. The smallest absolute Gasteiger partial charge is 0.422 e. The van der Waals surface area contributed by atoms with Crippen molar-refractivity contribution in [3.8, 4) is 5.75 Å².